The first-order chi connectivity index (χ1) is 10.1. The normalized spacial score (nSPS) is 10.5. The molecule has 3 aromatic rings. The number of carboxylic acids is 1. The number of hydrogen-bond donors (Lipinski definition) is 2. The van der Waals surface area contributed by atoms with Crippen molar-refractivity contribution in [3.63, 3.8) is 0 Å². The van der Waals surface area contributed by atoms with Gasteiger partial charge >= 0.3 is 5.97 Å². The van der Waals surface area contributed by atoms with Gasteiger partial charge in [-0.1, -0.05) is 24.3 Å². The summed E-state index contributed by atoms with van der Waals surface area (Å²) in [4.78, 5) is 25.2. The van der Waals surface area contributed by atoms with E-state index >= 15 is 0 Å². The molecule has 2 aromatic carbocycles. The lowest BCUT2D eigenvalue weighted by atomic mass is 10.1. The van der Waals surface area contributed by atoms with E-state index in [1.54, 1.807) is 18.2 Å². The van der Waals surface area contributed by atoms with Crippen LogP contribution in [-0.4, -0.2) is 16.1 Å². The van der Waals surface area contributed by atoms with Crippen LogP contribution >= 0.6 is 0 Å². The average Bonchev–Trinajstić information content (AvgIpc) is 2.48. The second-order valence-electron chi connectivity index (χ2n) is 4.48. The van der Waals surface area contributed by atoms with Gasteiger partial charge in [0.2, 0.25) is 0 Å². The lowest BCUT2D eigenvalue weighted by Gasteiger charge is -2.06. The van der Waals surface area contributed by atoms with Crippen LogP contribution in [0.15, 0.2) is 59.4 Å². The van der Waals surface area contributed by atoms with Crippen molar-refractivity contribution in [3.05, 3.63) is 70.6 Å². The fraction of sp³-hybridized carbons (Fsp3) is 0. The molecule has 0 aliphatic rings. The highest BCUT2D eigenvalue weighted by Crippen LogP contribution is 2.24. The van der Waals surface area contributed by atoms with E-state index in [0.717, 1.165) is 0 Å². The van der Waals surface area contributed by atoms with Crippen LogP contribution in [0.2, 0.25) is 0 Å². The van der Waals surface area contributed by atoms with E-state index in [1.165, 1.54) is 6.07 Å². The molecule has 0 saturated heterocycles. The highest BCUT2D eigenvalue weighted by atomic mass is 16.5. The first kappa shape index (κ1) is 12.9. The topological polar surface area (TPSA) is 79.4 Å². The second-order valence-corrected chi connectivity index (χ2v) is 4.48. The number of pyridine rings is 1. The van der Waals surface area contributed by atoms with Crippen LogP contribution in [0.5, 0.6) is 11.5 Å². The maximum absolute atomic E-state index is 11.9. The number of aromatic nitrogens is 1. The number of nitrogens with one attached hydrogen (secondary N) is 1. The van der Waals surface area contributed by atoms with Gasteiger partial charge in [-0.15, -0.1) is 0 Å². The molecule has 104 valence electrons. The molecule has 3 rings (SSSR count). The van der Waals surface area contributed by atoms with Gasteiger partial charge in [-0.25, -0.2) is 4.79 Å². The van der Waals surface area contributed by atoms with Gasteiger partial charge in [-0.3, -0.25) is 4.79 Å². The lowest BCUT2D eigenvalue weighted by Crippen LogP contribution is -2.12. The molecule has 0 fully saturated rings. The Balaban J connectivity index is 2.05. The van der Waals surface area contributed by atoms with Crippen molar-refractivity contribution in [2.24, 2.45) is 0 Å². The van der Waals surface area contributed by atoms with Crippen LogP contribution in [0.4, 0.5) is 0 Å². The third-order valence-electron chi connectivity index (χ3n) is 3.03. The fourth-order valence-corrected chi connectivity index (χ4v) is 2.04. The van der Waals surface area contributed by atoms with Crippen LogP contribution < -0.4 is 10.3 Å². The summed E-state index contributed by atoms with van der Waals surface area (Å²) >= 11 is 0. The molecule has 5 heteroatoms. The molecule has 2 N–H and O–H groups in total. The van der Waals surface area contributed by atoms with Crippen molar-refractivity contribution in [1.82, 2.24) is 4.98 Å². The summed E-state index contributed by atoms with van der Waals surface area (Å²) in [5, 5.41) is 9.86. The predicted octanol–water partition coefficient (Wildman–Crippen LogP) is 3.02. The smallest absolute Gasteiger partial charge is 0.352 e. The number of aromatic amines is 1. The zero-order valence-corrected chi connectivity index (χ0v) is 10.9. The van der Waals surface area contributed by atoms with Gasteiger partial charge in [0, 0.05) is 0 Å². The first-order valence-electron chi connectivity index (χ1n) is 6.27. The van der Waals surface area contributed by atoms with Crippen molar-refractivity contribution in [2.75, 3.05) is 0 Å². The Hall–Kier alpha value is -3.08. The summed E-state index contributed by atoms with van der Waals surface area (Å²) in [5.74, 6) is 0.0105. The number of H-pyrrole nitrogens is 1. The Morgan fingerprint density at radius 3 is 2.48 bits per heavy atom. The third kappa shape index (κ3) is 2.62. The molecule has 0 bridgehead atoms. The number of rotatable bonds is 3. The number of carboxylic acid groups (broad SMARTS) is 1. The number of ether oxygens (including phenoxy) is 1. The van der Waals surface area contributed by atoms with Gasteiger partial charge in [0.1, 0.15) is 17.2 Å². The standard InChI is InChI=1S/C16H11NO4/c18-15-13-9-12(21-11-4-2-1-3-5-11)7-6-10(13)8-14(17-15)16(19)20/h1-9H,(H,17,18)(H,19,20). The monoisotopic (exact) mass is 281 g/mol. The van der Waals surface area contributed by atoms with E-state index in [9.17, 15) is 9.59 Å². The van der Waals surface area contributed by atoms with E-state index in [4.69, 9.17) is 9.84 Å². The van der Waals surface area contributed by atoms with Gasteiger partial charge in [0.15, 0.2) is 0 Å². The van der Waals surface area contributed by atoms with Crippen molar-refractivity contribution < 1.29 is 14.6 Å². The fourth-order valence-electron chi connectivity index (χ4n) is 2.04. The molecule has 0 radical (unpaired) electrons. The largest absolute Gasteiger partial charge is 0.477 e. The predicted molar refractivity (Wildman–Crippen MR) is 78.0 cm³/mol. The van der Waals surface area contributed by atoms with Crippen molar-refractivity contribution >= 4 is 16.7 Å². The third-order valence-corrected chi connectivity index (χ3v) is 3.03. The first-order valence-corrected chi connectivity index (χ1v) is 6.27. The van der Waals surface area contributed by atoms with E-state index < -0.39 is 11.5 Å². The van der Waals surface area contributed by atoms with Gasteiger partial charge in [-0.05, 0) is 35.7 Å². The molecule has 1 aromatic heterocycles. The van der Waals surface area contributed by atoms with E-state index in [0.29, 0.717) is 22.3 Å². The van der Waals surface area contributed by atoms with Crippen LogP contribution in [0.3, 0.4) is 0 Å². The maximum Gasteiger partial charge on any atom is 0.352 e. The quantitative estimate of drug-likeness (QED) is 0.773. The molecule has 0 saturated carbocycles. The Labute approximate surface area is 119 Å². The molecule has 0 atom stereocenters. The zero-order valence-electron chi connectivity index (χ0n) is 10.9. The highest BCUT2D eigenvalue weighted by molar-refractivity contribution is 5.92. The Morgan fingerprint density at radius 2 is 1.76 bits per heavy atom. The van der Waals surface area contributed by atoms with E-state index in [-0.39, 0.29) is 5.69 Å². The van der Waals surface area contributed by atoms with Crippen LogP contribution in [0.25, 0.3) is 10.8 Å². The Morgan fingerprint density at radius 1 is 1.00 bits per heavy atom. The number of benzene rings is 2. The number of aromatic carboxylic acids is 1. The number of fused-ring (bicyclic) bond motifs is 1. The number of hydrogen-bond acceptors (Lipinski definition) is 3. The van der Waals surface area contributed by atoms with E-state index in [2.05, 4.69) is 4.98 Å². The minimum Gasteiger partial charge on any atom is -0.477 e. The molecule has 1 heterocycles. The number of para-hydroxylation sites is 1. The van der Waals surface area contributed by atoms with Crippen LogP contribution in [0, 0.1) is 0 Å². The molecule has 0 spiro atoms. The second kappa shape index (κ2) is 5.13. The van der Waals surface area contributed by atoms with Crippen LogP contribution in [0.1, 0.15) is 10.5 Å². The molecule has 0 aliphatic heterocycles. The summed E-state index contributed by atoms with van der Waals surface area (Å²) in [6.07, 6.45) is 0. The molecule has 5 nitrogen and oxygen atoms in total. The van der Waals surface area contributed by atoms with Crippen molar-refractivity contribution in [1.29, 1.82) is 0 Å². The minimum absolute atomic E-state index is 0.135. The maximum atomic E-state index is 11.9. The Bertz CT molecular complexity index is 868. The van der Waals surface area contributed by atoms with Crippen LogP contribution in [-0.2, 0) is 0 Å². The van der Waals surface area contributed by atoms with Gasteiger partial charge < -0.3 is 14.8 Å². The summed E-state index contributed by atoms with van der Waals surface area (Å²) in [7, 11) is 0. The van der Waals surface area contributed by atoms with E-state index in [1.807, 2.05) is 30.3 Å². The molecule has 21 heavy (non-hydrogen) atoms. The summed E-state index contributed by atoms with van der Waals surface area (Å²) in [6, 6.07) is 15.6. The number of carbonyl (C=O) groups is 1. The van der Waals surface area contributed by atoms with Gasteiger partial charge in [0.05, 0.1) is 5.39 Å². The van der Waals surface area contributed by atoms with Gasteiger partial charge in [0.25, 0.3) is 5.56 Å². The molecular formula is C16H11NO4. The summed E-state index contributed by atoms with van der Waals surface area (Å²) in [5.41, 5.74) is -0.590. The van der Waals surface area contributed by atoms with Crippen molar-refractivity contribution in [3.8, 4) is 11.5 Å². The SMILES string of the molecule is O=C(O)c1cc2ccc(Oc3ccccc3)cc2c(=O)[nH]1. The molecular weight excluding hydrogens is 270 g/mol. The molecule has 0 amide bonds. The van der Waals surface area contributed by atoms with Gasteiger partial charge in [-0.2, -0.15) is 0 Å². The average molecular weight is 281 g/mol. The van der Waals surface area contributed by atoms with Crippen molar-refractivity contribution in [2.45, 2.75) is 0 Å². The Kier molecular flexibility index (Phi) is 3.16. The minimum atomic E-state index is -1.17. The molecule has 0 aliphatic carbocycles. The molecule has 0 unspecified atom stereocenters. The summed E-state index contributed by atoms with van der Waals surface area (Å²) in [6.45, 7) is 0. The highest BCUT2D eigenvalue weighted by Gasteiger charge is 2.08. The summed E-state index contributed by atoms with van der Waals surface area (Å²) < 4.78 is 5.65. The zero-order chi connectivity index (χ0) is 14.8. The lowest BCUT2D eigenvalue weighted by molar-refractivity contribution is 0.0690.